The summed E-state index contributed by atoms with van der Waals surface area (Å²) in [6.45, 7) is 1.68. The SMILES string of the molecule is CCCS(=O)(=O)N(Cl)c1ccc(C(=O)c2cnoc2C2CC2)cc1F. The number of sulfonamides is 1. The van der Waals surface area contributed by atoms with Crippen molar-refractivity contribution >= 4 is 33.3 Å². The first-order chi connectivity index (χ1) is 11.8. The highest BCUT2D eigenvalue weighted by atomic mass is 35.5. The highest BCUT2D eigenvalue weighted by molar-refractivity contribution is 7.94. The second-order valence-corrected chi connectivity index (χ2v) is 8.38. The van der Waals surface area contributed by atoms with Gasteiger partial charge in [-0.3, -0.25) is 4.79 Å². The normalized spacial score (nSPS) is 14.5. The van der Waals surface area contributed by atoms with Gasteiger partial charge in [-0.2, -0.15) is 3.82 Å². The Hall–Kier alpha value is -1.93. The molecule has 134 valence electrons. The number of ketones is 1. The molecule has 1 aromatic carbocycles. The van der Waals surface area contributed by atoms with Gasteiger partial charge in [-0.15, -0.1) is 0 Å². The van der Waals surface area contributed by atoms with Crippen molar-refractivity contribution in [1.29, 1.82) is 0 Å². The van der Waals surface area contributed by atoms with E-state index in [-0.39, 0.29) is 22.9 Å². The maximum atomic E-state index is 14.4. The Morgan fingerprint density at radius 1 is 1.44 bits per heavy atom. The molecule has 1 saturated carbocycles. The lowest BCUT2D eigenvalue weighted by molar-refractivity contribution is 0.103. The van der Waals surface area contributed by atoms with Crippen LogP contribution in [0, 0.1) is 5.82 Å². The van der Waals surface area contributed by atoms with Crippen molar-refractivity contribution in [3.63, 3.8) is 0 Å². The number of hydrogen-bond acceptors (Lipinski definition) is 5. The number of carbonyl (C=O) groups excluding carboxylic acids is 1. The lowest BCUT2D eigenvalue weighted by Gasteiger charge is -2.16. The predicted octanol–water partition coefficient (Wildman–Crippen LogP) is 3.62. The van der Waals surface area contributed by atoms with E-state index in [1.54, 1.807) is 6.92 Å². The second kappa shape index (κ2) is 6.76. The molecule has 0 spiro atoms. The molecular formula is C16H16ClFN2O4S. The largest absolute Gasteiger partial charge is 0.360 e. The molecule has 3 rings (SSSR count). The number of carbonyl (C=O) groups is 1. The molecule has 1 aromatic heterocycles. The summed E-state index contributed by atoms with van der Waals surface area (Å²) in [5, 5.41) is 3.65. The third-order valence-electron chi connectivity index (χ3n) is 3.90. The molecular weight excluding hydrogens is 371 g/mol. The van der Waals surface area contributed by atoms with E-state index in [0.717, 1.165) is 18.9 Å². The summed E-state index contributed by atoms with van der Waals surface area (Å²) in [5.41, 5.74) is 0.0553. The first-order valence-corrected chi connectivity index (χ1v) is 9.77. The van der Waals surface area contributed by atoms with Crippen LogP contribution in [-0.4, -0.2) is 25.1 Å². The van der Waals surface area contributed by atoms with Gasteiger partial charge >= 0.3 is 0 Å². The molecule has 2 aromatic rings. The summed E-state index contributed by atoms with van der Waals surface area (Å²) in [6, 6.07) is 3.48. The molecule has 0 aliphatic heterocycles. The average Bonchev–Trinajstić information content (AvgIpc) is 3.30. The smallest absolute Gasteiger partial charge is 0.249 e. The van der Waals surface area contributed by atoms with Crippen LogP contribution < -0.4 is 3.82 Å². The zero-order valence-corrected chi connectivity index (χ0v) is 15.0. The van der Waals surface area contributed by atoms with Crippen LogP contribution in [0.2, 0.25) is 0 Å². The van der Waals surface area contributed by atoms with Crippen molar-refractivity contribution in [1.82, 2.24) is 5.16 Å². The van der Waals surface area contributed by atoms with Crippen molar-refractivity contribution in [3.05, 3.63) is 47.1 Å². The number of anilines is 1. The van der Waals surface area contributed by atoms with E-state index in [9.17, 15) is 17.6 Å². The molecule has 0 atom stereocenters. The highest BCUT2D eigenvalue weighted by Gasteiger charge is 2.33. The first-order valence-electron chi connectivity index (χ1n) is 7.82. The Morgan fingerprint density at radius 3 is 2.76 bits per heavy atom. The number of halogens is 2. The number of nitrogens with zero attached hydrogens (tertiary/aromatic N) is 2. The molecule has 1 aliphatic carbocycles. The van der Waals surface area contributed by atoms with Crippen molar-refractivity contribution in [2.24, 2.45) is 0 Å². The molecule has 1 fully saturated rings. The van der Waals surface area contributed by atoms with Crippen molar-refractivity contribution in [2.45, 2.75) is 32.1 Å². The van der Waals surface area contributed by atoms with Crippen LogP contribution in [0.15, 0.2) is 28.9 Å². The molecule has 0 bridgehead atoms. The van der Waals surface area contributed by atoms with Crippen molar-refractivity contribution in [3.8, 4) is 0 Å². The Morgan fingerprint density at radius 2 is 2.16 bits per heavy atom. The zero-order chi connectivity index (χ0) is 18.2. The van der Waals surface area contributed by atoms with Gasteiger partial charge in [0.15, 0.2) is 11.5 Å². The summed E-state index contributed by atoms with van der Waals surface area (Å²) in [7, 11) is -3.82. The summed E-state index contributed by atoms with van der Waals surface area (Å²) < 4.78 is 43.8. The first kappa shape index (κ1) is 17.9. The highest BCUT2D eigenvalue weighted by Crippen LogP contribution is 2.42. The van der Waals surface area contributed by atoms with Gasteiger partial charge in [0.25, 0.3) is 0 Å². The van der Waals surface area contributed by atoms with E-state index in [1.165, 1.54) is 18.3 Å². The summed E-state index contributed by atoms with van der Waals surface area (Å²) in [6.07, 6.45) is 3.53. The molecule has 9 heteroatoms. The number of aromatic nitrogens is 1. The molecule has 0 saturated heterocycles. The quantitative estimate of drug-likeness (QED) is 0.536. The molecule has 1 heterocycles. The second-order valence-electron chi connectivity index (χ2n) is 5.90. The van der Waals surface area contributed by atoms with Gasteiger partial charge in [0.1, 0.15) is 11.5 Å². The maximum Gasteiger partial charge on any atom is 0.249 e. The minimum absolute atomic E-state index is 0.0734. The van der Waals surface area contributed by atoms with Crippen LogP contribution in [0.5, 0.6) is 0 Å². The molecule has 25 heavy (non-hydrogen) atoms. The monoisotopic (exact) mass is 386 g/mol. The third-order valence-corrected chi connectivity index (χ3v) is 6.32. The summed E-state index contributed by atoms with van der Waals surface area (Å²) in [4.78, 5) is 12.6. The van der Waals surface area contributed by atoms with Crippen LogP contribution >= 0.6 is 11.8 Å². The average molecular weight is 387 g/mol. The van der Waals surface area contributed by atoms with E-state index in [2.05, 4.69) is 5.16 Å². The standard InChI is InChI=1S/C16H16ClFN2O4S/c1-2-7-25(22,23)20(17)14-6-5-11(8-13(14)18)15(21)12-9-19-24-16(12)10-3-4-10/h5-6,8-10H,2-4,7H2,1H3. The molecule has 1 aliphatic rings. The van der Waals surface area contributed by atoms with E-state index < -0.39 is 21.6 Å². The Bertz CT molecular complexity index is 909. The van der Waals surface area contributed by atoms with E-state index in [4.69, 9.17) is 16.3 Å². The topological polar surface area (TPSA) is 80.5 Å². The Labute approximate surface area is 149 Å². The van der Waals surface area contributed by atoms with Gasteiger partial charge in [0, 0.05) is 23.3 Å². The van der Waals surface area contributed by atoms with E-state index in [1.807, 2.05) is 0 Å². The fourth-order valence-electron chi connectivity index (χ4n) is 2.49. The lowest BCUT2D eigenvalue weighted by atomic mass is 10.0. The molecule has 0 N–H and O–H groups in total. The van der Waals surface area contributed by atoms with Crippen molar-refractivity contribution < 1.29 is 22.1 Å². The Kier molecular flexibility index (Phi) is 4.83. The number of hydrogen-bond donors (Lipinski definition) is 0. The molecule has 0 radical (unpaired) electrons. The molecule has 0 unspecified atom stereocenters. The van der Waals surface area contributed by atoms with Crippen LogP contribution in [0.3, 0.4) is 0 Å². The Balaban J connectivity index is 1.89. The predicted molar refractivity (Wildman–Crippen MR) is 90.7 cm³/mol. The zero-order valence-electron chi connectivity index (χ0n) is 13.4. The number of rotatable bonds is 7. The van der Waals surface area contributed by atoms with Crippen LogP contribution in [-0.2, 0) is 10.0 Å². The van der Waals surface area contributed by atoms with Gasteiger partial charge in [-0.25, -0.2) is 12.8 Å². The van der Waals surface area contributed by atoms with Crippen LogP contribution in [0.1, 0.15) is 53.8 Å². The van der Waals surface area contributed by atoms with E-state index >= 15 is 0 Å². The third kappa shape index (κ3) is 3.55. The maximum absolute atomic E-state index is 14.4. The van der Waals surface area contributed by atoms with Crippen LogP contribution in [0.4, 0.5) is 10.1 Å². The number of benzene rings is 1. The van der Waals surface area contributed by atoms with Gasteiger partial charge in [0.05, 0.1) is 17.5 Å². The van der Waals surface area contributed by atoms with Gasteiger partial charge < -0.3 is 4.52 Å². The summed E-state index contributed by atoms with van der Waals surface area (Å²) in [5.74, 6) is -0.833. The van der Waals surface area contributed by atoms with Gasteiger partial charge in [0.2, 0.25) is 10.0 Å². The van der Waals surface area contributed by atoms with Gasteiger partial charge in [-0.05, 0) is 37.5 Å². The van der Waals surface area contributed by atoms with Crippen molar-refractivity contribution in [2.75, 3.05) is 9.58 Å². The molecule has 0 amide bonds. The van der Waals surface area contributed by atoms with Crippen LogP contribution in [0.25, 0.3) is 0 Å². The van der Waals surface area contributed by atoms with E-state index in [0.29, 0.717) is 21.6 Å². The summed E-state index contributed by atoms with van der Waals surface area (Å²) >= 11 is 5.78. The minimum Gasteiger partial charge on any atom is -0.360 e. The minimum atomic E-state index is -3.82. The fraction of sp³-hybridized carbons (Fsp3) is 0.375. The lowest BCUT2D eigenvalue weighted by Crippen LogP contribution is -2.24. The molecule has 6 nitrogen and oxygen atoms in total. The fourth-order valence-corrected chi connectivity index (χ4v) is 3.96. The van der Waals surface area contributed by atoms with Gasteiger partial charge in [-0.1, -0.05) is 12.1 Å².